The first kappa shape index (κ1) is 12.2. The van der Waals surface area contributed by atoms with E-state index in [1.54, 1.807) is 7.05 Å². The van der Waals surface area contributed by atoms with E-state index in [2.05, 4.69) is 40.2 Å². The van der Waals surface area contributed by atoms with Crippen LogP contribution in [0.15, 0.2) is 18.3 Å². The van der Waals surface area contributed by atoms with E-state index in [0.717, 1.165) is 32.5 Å². The number of nitrogens with one attached hydrogen (secondary N) is 1. The molecular weight excluding hydrogens is 214 g/mol. The molecule has 94 valence electrons. The van der Waals surface area contributed by atoms with Gasteiger partial charge in [0.1, 0.15) is 0 Å². The number of carbonyl (C=O) groups is 1. The Morgan fingerprint density at radius 2 is 2.41 bits per heavy atom. The molecule has 1 aliphatic heterocycles. The zero-order chi connectivity index (χ0) is 12.3. The molecule has 0 saturated carbocycles. The fourth-order valence-electron chi connectivity index (χ4n) is 2.51. The third kappa shape index (κ3) is 2.88. The molecular formula is C13H21N3O. The van der Waals surface area contributed by atoms with Gasteiger partial charge in [0, 0.05) is 39.1 Å². The van der Waals surface area contributed by atoms with Crippen LogP contribution < -0.4 is 5.32 Å². The van der Waals surface area contributed by atoms with Crippen LogP contribution in [0.25, 0.3) is 0 Å². The Bertz CT molecular complexity index is 386. The number of rotatable bonds is 3. The van der Waals surface area contributed by atoms with Crippen LogP contribution >= 0.6 is 0 Å². The second-order valence-corrected chi connectivity index (χ2v) is 4.80. The molecule has 2 rings (SSSR count). The van der Waals surface area contributed by atoms with E-state index in [1.165, 1.54) is 5.69 Å². The Morgan fingerprint density at radius 1 is 1.59 bits per heavy atom. The van der Waals surface area contributed by atoms with Gasteiger partial charge in [0.05, 0.1) is 5.92 Å². The Balaban J connectivity index is 1.94. The van der Waals surface area contributed by atoms with Crippen LogP contribution in [0.4, 0.5) is 0 Å². The molecule has 0 spiro atoms. The van der Waals surface area contributed by atoms with Crippen molar-refractivity contribution in [2.45, 2.75) is 19.4 Å². The van der Waals surface area contributed by atoms with Crippen molar-refractivity contribution in [3.05, 3.63) is 24.0 Å². The molecule has 0 aliphatic carbocycles. The second-order valence-electron chi connectivity index (χ2n) is 4.80. The number of aromatic nitrogens is 1. The summed E-state index contributed by atoms with van der Waals surface area (Å²) in [6, 6.07) is 4.21. The summed E-state index contributed by atoms with van der Waals surface area (Å²) in [7, 11) is 3.79. The topological polar surface area (TPSA) is 37.3 Å². The van der Waals surface area contributed by atoms with Gasteiger partial charge in [-0.25, -0.2) is 0 Å². The maximum atomic E-state index is 11.6. The molecule has 1 aliphatic rings. The molecule has 1 N–H and O–H groups in total. The number of nitrogens with zero attached hydrogens (tertiary/aromatic N) is 2. The van der Waals surface area contributed by atoms with Crippen molar-refractivity contribution in [1.82, 2.24) is 14.8 Å². The van der Waals surface area contributed by atoms with Crippen molar-refractivity contribution in [2.75, 3.05) is 20.1 Å². The zero-order valence-corrected chi connectivity index (χ0v) is 10.6. The predicted molar refractivity (Wildman–Crippen MR) is 67.5 cm³/mol. The predicted octanol–water partition coefficient (Wildman–Crippen LogP) is 0.983. The third-order valence-electron chi connectivity index (χ3n) is 3.56. The molecule has 0 bridgehead atoms. The Kier molecular flexibility index (Phi) is 3.84. The standard InChI is InChI=1S/C13H21N3O/c1-14-13(17)11-5-3-8-16(9-11)10-12-6-4-7-15(12)2/h4,6-7,11H,3,5,8-10H2,1-2H3,(H,14,17)/t11-/m0/s1. The molecule has 4 heteroatoms. The first-order chi connectivity index (χ1) is 8.20. The quantitative estimate of drug-likeness (QED) is 0.848. The number of hydrogen-bond acceptors (Lipinski definition) is 2. The summed E-state index contributed by atoms with van der Waals surface area (Å²) in [5, 5.41) is 2.75. The first-order valence-electron chi connectivity index (χ1n) is 6.25. The average molecular weight is 235 g/mol. The summed E-state index contributed by atoms with van der Waals surface area (Å²) in [6.45, 7) is 2.92. The monoisotopic (exact) mass is 235 g/mol. The van der Waals surface area contributed by atoms with Gasteiger partial charge in [-0.05, 0) is 31.5 Å². The van der Waals surface area contributed by atoms with Gasteiger partial charge < -0.3 is 9.88 Å². The van der Waals surface area contributed by atoms with Gasteiger partial charge in [0.25, 0.3) is 0 Å². The number of carbonyl (C=O) groups excluding carboxylic acids is 1. The molecule has 1 atom stereocenters. The normalized spacial score (nSPS) is 21.4. The summed E-state index contributed by atoms with van der Waals surface area (Å²) in [5.41, 5.74) is 1.31. The minimum absolute atomic E-state index is 0.161. The lowest BCUT2D eigenvalue weighted by Gasteiger charge is -2.31. The van der Waals surface area contributed by atoms with Gasteiger partial charge >= 0.3 is 0 Å². The van der Waals surface area contributed by atoms with E-state index in [-0.39, 0.29) is 11.8 Å². The van der Waals surface area contributed by atoms with Crippen molar-refractivity contribution >= 4 is 5.91 Å². The summed E-state index contributed by atoms with van der Waals surface area (Å²) >= 11 is 0. The Hall–Kier alpha value is -1.29. The Labute approximate surface area is 103 Å². The fraction of sp³-hybridized carbons (Fsp3) is 0.615. The highest BCUT2D eigenvalue weighted by Crippen LogP contribution is 2.18. The molecule has 1 aromatic rings. The summed E-state index contributed by atoms with van der Waals surface area (Å²) in [5.74, 6) is 0.343. The molecule has 1 saturated heterocycles. The van der Waals surface area contributed by atoms with Gasteiger partial charge in [-0.15, -0.1) is 0 Å². The van der Waals surface area contributed by atoms with E-state index in [0.29, 0.717) is 0 Å². The van der Waals surface area contributed by atoms with Gasteiger partial charge in [-0.3, -0.25) is 9.69 Å². The number of amides is 1. The largest absolute Gasteiger partial charge is 0.359 e. The maximum absolute atomic E-state index is 11.6. The highest BCUT2D eigenvalue weighted by molar-refractivity contribution is 5.78. The van der Waals surface area contributed by atoms with Crippen LogP contribution in [0.2, 0.25) is 0 Å². The van der Waals surface area contributed by atoms with E-state index >= 15 is 0 Å². The smallest absolute Gasteiger partial charge is 0.224 e. The molecule has 4 nitrogen and oxygen atoms in total. The van der Waals surface area contributed by atoms with E-state index in [4.69, 9.17) is 0 Å². The minimum atomic E-state index is 0.161. The highest BCUT2D eigenvalue weighted by atomic mass is 16.1. The molecule has 1 aromatic heterocycles. The van der Waals surface area contributed by atoms with E-state index in [9.17, 15) is 4.79 Å². The number of aryl methyl sites for hydroxylation is 1. The first-order valence-corrected chi connectivity index (χ1v) is 6.25. The summed E-state index contributed by atoms with van der Waals surface area (Å²) < 4.78 is 2.14. The zero-order valence-electron chi connectivity index (χ0n) is 10.6. The fourth-order valence-corrected chi connectivity index (χ4v) is 2.51. The molecule has 1 fully saturated rings. The van der Waals surface area contributed by atoms with Gasteiger partial charge in [-0.1, -0.05) is 0 Å². The molecule has 0 radical (unpaired) electrons. The molecule has 0 unspecified atom stereocenters. The van der Waals surface area contributed by atoms with Crippen LogP contribution in [0.5, 0.6) is 0 Å². The van der Waals surface area contributed by atoms with Crippen molar-refractivity contribution in [3.8, 4) is 0 Å². The third-order valence-corrected chi connectivity index (χ3v) is 3.56. The number of likely N-dealkylation sites (tertiary alicyclic amines) is 1. The van der Waals surface area contributed by atoms with Crippen LogP contribution in [0, 0.1) is 5.92 Å². The van der Waals surface area contributed by atoms with Gasteiger partial charge in [0.15, 0.2) is 0 Å². The lowest BCUT2D eigenvalue weighted by atomic mass is 9.97. The molecule has 2 heterocycles. The van der Waals surface area contributed by atoms with Crippen LogP contribution in [-0.2, 0) is 18.4 Å². The van der Waals surface area contributed by atoms with E-state index in [1.807, 2.05) is 0 Å². The average Bonchev–Trinajstić information content (AvgIpc) is 2.74. The van der Waals surface area contributed by atoms with E-state index < -0.39 is 0 Å². The Morgan fingerprint density at radius 3 is 3.06 bits per heavy atom. The van der Waals surface area contributed by atoms with Gasteiger partial charge in [0.2, 0.25) is 5.91 Å². The molecule has 1 amide bonds. The number of hydrogen-bond donors (Lipinski definition) is 1. The molecule has 0 aromatic carbocycles. The van der Waals surface area contributed by atoms with Crippen molar-refractivity contribution in [1.29, 1.82) is 0 Å². The molecule has 17 heavy (non-hydrogen) atoms. The lowest BCUT2D eigenvalue weighted by Crippen LogP contribution is -2.41. The highest BCUT2D eigenvalue weighted by Gasteiger charge is 2.25. The lowest BCUT2D eigenvalue weighted by molar-refractivity contribution is -0.126. The number of piperidine rings is 1. The van der Waals surface area contributed by atoms with Crippen LogP contribution in [-0.4, -0.2) is 35.5 Å². The van der Waals surface area contributed by atoms with Gasteiger partial charge in [-0.2, -0.15) is 0 Å². The summed E-state index contributed by atoms with van der Waals surface area (Å²) in [4.78, 5) is 14.0. The van der Waals surface area contributed by atoms with Crippen molar-refractivity contribution in [2.24, 2.45) is 13.0 Å². The van der Waals surface area contributed by atoms with Crippen molar-refractivity contribution in [3.63, 3.8) is 0 Å². The maximum Gasteiger partial charge on any atom is 0.224 e. The minimum Gasteiger partial charge on any atom is -0.359 e. The van der Waals surface area contributed by atoms with Crippen molar-refractivity contribution < 1.29 is 4.79 Å². The SMILES string of the molecule is CNC(=O)[C@H]1CCCN(Cc2cccn2C)C1. The second kappa shape index (κ2) is 5.36. The van der Waals surface area contributed by atoms with Crippen LogP contribution in [0.3, 0.4) is 0 Å². The van der Waals surface area contributed by atoms with Crippen LogP contribution in [0.1, 0.15) is 18.5 Å². The summed E-state index contributed by atoms with van der Waals surface area (Å²) in [6.07, 6.45) is 4.20.